The molecule has 3 heterocycles. The fourth-order valence-corrected chi connectivity index (χ4v) is 3.21. The third-order valence-corrected chi connectivity index (χ3v) is 4.43. The highest BCUT2D eigenvalue weighted by Crippen LogP contribution is 2.39. The molecule has 4 rings (SSSR count). The van der Waals surface area contributed by atoms with E-state index in [4.69, 9.17) is 5.73 Å². The van der Waals surface area contributed by atoms with Gasteiger partial charge in [0.15, 0.2) is 0 Å². The van der Waals surface area contributed by atoms with Crippen LogP contribution in [-0.2, 0) is 6.54 Å². The van der Waals surface area contributed by atoms with Gasteiger partial charge in [0, 0.05) is 24.5 Å². The van der Waals surface area contributed by atoms with Gasteiger partial charge >= 0.3 is 0 Å². The lowest BCUT2D eigenvalue weighted by Gasteiger charge is -2.12. The normalized spacial score (nSPS) is 10.5. The van der Waals surface area contributed by atoms with Crippen molar-refractivity contribution in [2.24, 2.45) is 0 Å². The van der Waals surface area contributed by atoms with Crippen LogP contribution in [-0.4, -0.2) is 14.5 Å². The third-order valence-electron chi connectivity index (χ3n) is 4.43. The van der Waals surface area contributed by atoms with Gasteiger partial charge in [-0.15, -0.1) is 0 Å². The van der Waals surface area contributed by atoms with Crippen molar-refractivity contribution in [3.8, 4) is 28.7 Å². The molecule has 0 amide bonds. The smallest absolute Gasteiger partial charge is 0.123 e. The van der Waals surface area contributed by atoms with E-state index in [0.29, 0.717) is 29.2 Å². The number of nitrogens with two attached hydrogens (primary N) is 1. The summed E-state index contributed by atoms with van der Waals surface area (Å²) >= 11 is 0. The number of benzene rings is 1. The van der Waals surface area contributed by atoms with Crippen molar-refractivity contribution in [2.45, 2.75) is 6.54 Å². The van der Waals surface area contributed by atoms with Gasteiger partial charge in [0.2, 0.25) is 0 Å². The molecule has 0 aliphatic heterocycles. The van der Waals surface area contributed by atoms with Gasteiger partial charge in [-0.25, -0.2) is 0 Å². The van der Waals surface area contributed by atoms with Gasteiger partial charge in [-0.3, -0.25) is 9.97 Å². The lowest BCUT2D eigenvalue weighted by Crippen LogP contribution is -2.07. The number of nitriles is 1. The Morgan fingerprint density at radius 1 is 0.852 bits per heavy atom. The van der Waals surface area contributed by atoms with Gasteiger partial charge < -0.3 is 10.3 Å². The highest BCUT2D eigenvalue weighted by Gasteiger charge is 2.25. The van der Waals surface area contributed by atoms with E-state index in [1.54, 1.807) is 12.4 Å². The standard InChI is InChI=1S/C22H17N5/c23-14-17-20(18-10-4-6-12-25-18)21(19-11-5-7-13-26-19)27(22(17)24)15-16-8-2-1-3-9-16/h1-13H,15,24H2. The van der Waals surface area contributed by atoms with E-state index in [9.17, 15) is 5.26 Å². The van der Waals surface area contributed by atoms with Crippen molar-refractivity contribution in [3.63, 3.8) is 0 Å². The summed E-state index contributed by atoms with van der Waals surface area (Å²) in [6, 6.07) is 23.6. The molecule has 0 saturated heterocycles. The first-order valence-electron chi connectivity index (χ1n) is 8.58. The molecular weight excluding hydrogens is 334 g/mol. The fourth-order valence-electron chi connectivity index (χ4n) is 3.21. The van der Waals surface area contributed by atoms with Gasteiger partial charge in [-0.1, -0.05) is 42.5 Å². The molecule has 130 valence electrons. The number of anilines is 1. The Morgan fingerprint density at radius 2 is 1.48 bits per heavy atom. The van der Waals surface area contributed by atoms with Gasteiger partial charge in [-0.05, 0) is 29.8 Å². The van der Waals surface area contributed by atoms with Crippen LogP contribution in [0.5, 0.6) is 0 Å². The Hall–Kier alpha value is -3.91. The van der Waals surface area contributed by atoms with E-state index >= 15 is 0 Å². The summed E-state index contributed by atoms with van der Waals surface area (Å²) in [7, 11) is 0. The average molecular weight is 351 g/mol. The van der Waals surface area contributed by atoms with Crippen molar-refractivity contribution in [1.82, 2.24) is 14.5 Å². The number of hydrogen-bond acceptors (Lipinski definition) is 4. The monoisotopic (exact) mass is 351 g/mol. The second kappa shape index (κ2) is 7.14. The Morgan fingerprint density at radius 3 is 2.07 bits per heavy atom. The molecule has 1 aromatic carbocycles. The minimum Gasteiger partial charge on any atom is -0.384 e. The lowest BCUT2D eigenvalue weighted by molar-refractivity contribution is 0.822. The van der Waals surface area contributed by atoms with E-state index < -0.39 is 0 Å². The molecule has 0 bridgehead atoms. The first-order chi connectivity index (χ1) is 13.3. The number of nitrogens with zero attached hydrogens (tertiary/aromatic N) is 4. The first kappa shape index (κ1) is 16.6. The second-order valence-electron chi connectivity index (χ2n) is 6.10. The van der Waals surface area contributed by atoms with E-state index in [2.05, 4.69) is 16.0 Å². The van der Waals surface area contributed by atoms with Crippen LogP contribution in [0.1, 0.15) is 11.1 Å². The molecule has 0 saturated carbocycles. The van der Waals surface area contributed by atoms with Crippen LogP contribution >= 0.6 is 0 Å². The molecule has 3 aromatic heterocycles. The van der Waals surface area contributed by atoms with Crippen LogP contribution in [0.25, 0.3) is 22.6 Å². The molecule has 0 aliphatic carbocycles. The largest absolute Gasteiger partial charge is 0.384 e. The molecule has 0 aliphatic rings. The van der Waals surface area contributed by atoms with Crippen molar-refractivity contribution in [2.75, 3.05) is 5.73 Å². The van der Waals surface area contributed by atoms with Gasteiger partial charge in [0.25, 0.3) is 0 Å². The molecule has 2 N–H and O–H groups in total. The van der Waals surface area contributed by atoms with Crippen LogP contribution in [0.3, 0.4) is 0 Å². The average Bonchev–Trinajstić information content (AvgIpc) is 3.01. The van der Waals surface area contributed by atoms with E-state index in [1.807, 2.05) is 71.3 Å². The van der Waals surface area contributed by atoms with Crippen LogP contribution in [0.4, 0.5) is 5.82 Å². The maximum atomic E-state index is 9.82. The summed E-state index contributed by atoms with van der Waals surface area (Å²) in [4.78, 5) is 8.97. The fraction of sp³-hybridized carbons (Fsp3) is 0.0455. The van der Waals surface area contributed by atoms with E-state index in [0.717, 1.165) is 17.0 Å². The molecule has 0 atom stereocenters. The number of hydrogen-bond donors (Lipinski definition) is 1. The predicted molar refractivity (Wildman–Crippen MR) is 106 cm³/mol. The van der Waals surface area contributed by atoms with Crippen molar-refractivity contribution in [3.05, 3.63) is 90.3 Å². The van der Waals surface area contributed by atoms with Crippen molar-refractivity contribution >= 4 is 5.82 Å². The number of rotatable bonds is 4. The molecule has 0 radical (unpaired) electrons. The first-order valence-corrected chi connectivity index (χ1v) is 8.58. The molecule has 0 unspecified atom stereocenters. The molecular formula is C22H17N5. The summed E-state index contributed by atoms with van der Waals surface area (Å²) in [6.07, 6.45) is 3.45. The minimum absolute atomic E-state index is 0.419. The lowest BCUT2D eigenvalue weighted by atomic mass is 10.0. The molecule has 5 heteroatoms. The summed E-state index contributed by atoms with van der Waals surface area (Å²) in [5, 5.41) is 9.82. The highest BCUT2D eigenvalue weighted by molar-refractivity contribution is 5.88. The molecule has 5 nitrogen and oxygen atoms in total. The Balaban J connectivity index is 2.01. The van der Waals surface area contributed by atoms with Crippen LogP contribution in [0.15, 0.2) is 79.1 Å². The van der Waals surface area contributed by atoms with Crippen LogP contribution in [0, 0.1) is 11.3 Å². The van der Waals surface area contributed by atoms with Crippen LogP contribution < -0.4 is 5.73 Å². The Bertz CT molecular complexity index is 1090. The maximum Gasteiger partial charge on any atom is 0.123 e. The molecule has 0 spiro atoms. The topological polar surface area (TPSA) is 80.5 Å². The Kier molecular flexibility index (Phi) is 4.38. The van der Waals surface area contributed by atoms with E-state index in [-0.39, 0.29) is 0 Å². The molecule has 4 aromatic rings. The number of nitrogen functional groups attached to an aromatic ring is 1. The van der Waals surface area contributed by atoms with Crippen molar-refractivity contribution < 1.29 is 0 Å². The van der Waals surface area contributed by atoms with Gasteiger partial charge in [-0.2, -0.15) is 5.26 Å². The van der Waals surface area contributed by atoms with Gasteiger partial charge in [0.05, 0.1) is 17.1 Å². The third kappa shape index (κ3) is 3.05. The molecule has 27 heavy (non-hydrogen) atoms. The van der Waals surface area contributed by atoms with Gasteiger partial charge in [0.1, 0.15) is 17.5 Å². The van der Waals surface area contributed by atoms with Crippen LogP contribution in [0.2, 0.25) is 0 Å². The van der Waals surface area contributed by atoms with E-state index in [1.165, 1.54) is 0 Å². The Labute approximate surface area is 157 Å². The summed E-state index contributed by atoms with van der Waals surface area (Å²) < 4.78 is 1.94. The quantitative estimate of drug-likeness (QED) is 0.600. The summed E-state index contributed by atoms with van der Waals surface area (Å²) in [5.74, 6) is 0.419. The molecule has 0 fully saturated rings. The highest BCUT2D eigenvalue weighted by atomic mass is 15.1. The summed E-state index contributed by atoms with van der Waals surface area (Å²) in [5.41, 5.74) is 10.9. The maximum absolute atomic E-state index is 9.82. The summed E-state index contributed by atoms with van der Waals surface area (Å²) in [6.45, 7) is 0.542. The zero-order valence-electron chi connectivity index (χ0n) is 14.6. The second-order valence-corrected chi connectivity index (χ2v) is 6.10. The minimum atomic E-state index is 0.419. The number of pyridine rings is 2. The number of aromatic nitrogens is 3. The SMILES string of the molecule is N#Cc1c(-c2ccccn2)c(-c2ccccn2)n(Cc2ccccc2)c1N. The predicted octanol–water partition coefficient (Wildman–Crippen LogP) is 4.11. The zero-order chi connectivity index (χ0) is 18.6. The van der Waals surface area contributed by atoms with Crippen molar-refractivity contribution in [1.29, 1.82) is 5.26 Å². The zero-order valence-corrected chi connectivity index (χ0v) is 14.6.